The molecule has 2 amide bonds. The summed E-state index contributed by atoms with van der Waals surface area (Å²) >= 11 is 1.51. The first kappa shape index (κ1) is 22.9. The van der Waals surface area contributed by atoms with Crippen molar-refractivity contribution < 1.29 is 9.59 Å². The zero-order chi connectivity index (χ0) is 23.7. The molecule has 1 unspecified atom stereocenters. The topological polar surface area (TPSA) is 89.2 Å². The second-order valence-electron chi connectivity index (χ2n) is 8.19. The molecule has 1 aliphatic rings. The SMILES string of the molecule is CSC1=CC(C)=NC(=O)C1CNC(=O)c1c(C)n([C@H](C)c2cnc(C)nc2)c2ccccc12. The molecule has 1 aromatic carbocycles. The molecule has 8 heteroatoms. The van der Waals surface area contributed by atoms with Gasteiger partial charge in [0.25, 0.3) is 11.8 Å². The van der Waals surface area contributed by atoms with Crippen LogP contribution in [-0.2, 0) is 4.79 Å². The van der Waals surface area contributed by atoms with E-state index in [9.17, 15) is 9.59 Å². The zero-order valence-electron chi connectivity index (χ0n) is 19.4. The first-order chi connectivity index (χ1) is 15.8. The van der Waals surface area contributed by atoms with Crippen molar-refractivity contribution in [2.75, 3.05) is 12.8 Å². The lowest BCUT2D eigenvalue weighted by atomic mass is 10.0. The van der Waals surface area contributed by atoms with Gasteiger partial charge in [-0.1, -0.05) is 18.2 Å². The molecule has 0 fully saturated rings. The van der Waals surface area contributed by atoms with Gasteiger partial charge in [-0.2, -0.15) is 0 Å². The number of aryl methyl sites for hydroxylation is 1. The summed E-state index contributed by atoms with van der Waals surface area (Å²) in [7, 11) is 0. The van der Waals surface area contributed by atoms with E-state index in [1.54, 1.807) is 6.92 Å². The Bertz CT molecular complexity index is 1290. The van der Waals surface area contributed by atoms with Crippen LogP contribution in [0.2, 0.25) is 0 Å². The lowest BCUT2D eigenvalue weighted by Gasteiger charge is -2.20. The van der Waals surface area contributed by atoms with Crippen molar-refractivity contribution in [3.63, 3.8) is 0 Å². The van der Waals surface area contributed by atoms with Crippen LogP contribution in [-0.4, -0.2) is 44.9 Å². The zero-order valence-corrected chi connectivity index (χ0v) is 20.2. The average molecular weight is 462 g/mol. The number of rotatable bonds is 6. The van der Waals surface area contributed by atoms with Gasteiger partial charge >= 0.3 is 0 Å². The van der Waals surface area contributed by atoms with Crippen LogP contribution in [0.25, 0.3) is 10.9 Å². The van der Waals surface area contributed by atoms with Crippen LogP contribution in [0, 0.1) is 19.8 Å². The quantitative estimate of drug-likeness (QED) is 0.593. The fourth-order valence-corrected chi connectivity index (χ4v) is 5.09. The number of carbonyl (C=O) groups excluding carboxylic acids is 2. The van der Waals surface area contributed by atoms with Gasteiger partial charge in [0, 0.05) is 51.7 Å². The third kappa shape index (κ3) is 4.35. The van der Waals surface area contributed by atoms with E-state index >= 15 is 0 Å². The molecule has 0 aliphatic carbocycles. The number of nitrogens with zero attached hydrogens (tertiary/aromatic N) is 4. The molecule has 0 saturated heterocycles. The normalized spacial score (nSPS) is 17.0. The summed E-state index contributed by atoms with van der Waals surface area (Å²) in [6.45, 7) is 7.90. The largest absolute Gasteiger partial charge is 0.351 e. The van der Waals surface area contributed by atoms with Crippen molar-refractivity contribution >= 4 is 40.2 Å². The molecule has 1 N–H and O–H groups in total. The average Bonchev–Trinajstić information content (AvgIpc) is 3.09. The summed E-state index contributed by atoms with van der Waals surface area (Å²) in [6, 6.07) is 7.81. The van der Waals surface area contributed by atoms with Gasteiger partial charge in [0.15, 0.2) is 0 Å². The van der Waals surface area contributed by atoms with Crippen LogP contribution < -0.4 is 5.32 Å². The van der Waals surface area contributed by atoms with Gasteiger partial charge in [-0.3, -0.25) is 9.59 Å². The maximum Gasteiger partial charge on any atom is 0.255 e. The van der Waals surface area contributed by atoms with Gasteiger partial charge in [0.2, 0.25) is 0 Å². The summed E-state index contributed by atoms with van der Waals surface area (Å²) in [5.41, 5.74) is 4.09. The van der Waals surface area contributed by atoms with Gasteiger partial charge in [-0.15, -0.1) is 11.8 Å². The number of aliphatic imine (C=N–C) groups is 1. The van der Waals surface area contributed by atoms with Gasteiger partial charge in [0.05, 0.1) is 17.5 Å². The van der Waals surface area contributed by atoms with Crippen molar-refractivity contribution in [3.8, 4) is 0 Å². The minimum Gasteiger partial charge on any atom is -0.351 e. The molecule has 0 bridgehead atoms. The third-order valence-electron chi connectivity index (χ3n) is 6.04. The van der Waals surface area contributed by atoms with E-state index in [1.807, 2.05) is 62.8 Å². The van der Waals surface area contributed by atoms with Crippen LogP contribution in [0.5, 0.6) is 0 Å². The number of allylic oxidation sites excluding steroid dienone is 1. The maximum atomic E-state index is 13.4. The summed E-state index contributed by atoms with van der Waals surface area (Å²) in [5, 5.41) is 3.86. The molecule has 7 nitrogen and oxygen atoms in total. The van der Waals surface area contributed by atoms with Gasteiger partial charge in [0.1, 0.15) is 5.82 Å². The molecule has 3 heterocycles. The van der Waals surface area contributed by atoms with E-state index in [-0.39, 0.29) is 24.4 Å². The highest BCUT2D eigenvalue weighted by atomic mass is 32.2. The fraction of sp³-hybridized carbons (Fsp3) is 0.320. The molecular formula is C25H27N5O2S. The summed E-state index contributed by atoms with van der Waals surface area (Å²) in [5.74, 6) is -0.151. The van der Waals surface area contributed by atoms with Crippen LogP contribution in [0.15, 0.2) is 52.6 Å². The van der Waals surface area contributed by atoms with Crippen LogP contribution >= 0.6 is 11.8 Å². The van der Waals surface area contributed by atoms with Crippen molar-refractivity contribution in [3.05, 3.63) is 70.3 Å². The summed E-state index contributed by atoms with van der Waals surface area (Å²) in [6.07, 6.45) is 7.49. The Morgan fingerprint density at radius 1 is 1.18 bits per heavy atom. The van der Waals surface area contributed by atoms with E-state index in [2.05, 4.69) is 31.8 Å². The Balaban J connectivity index is 1.66. The number of hydrogen-bond acceptors (Lipinski definition) is 5. The predicted molar refractivity (Wildman–Crippen MR) is 133 cm³/mol. The van der Waals surface area contributed by atoms with Crippen LogP contribution in [0.1, 0.15) is 47.3 Å². The standard InChI is InChI=1S/C25H27N5O2S/c1-14-10-22(33-5)20(24(31)29-14)13-28-25(32)23-16(3)30(21-9-7-6-8-19(21)23)15(2)18-11-26-17(4)27-12-18/h6-12,15,20H,13H2,1-5H3,(H,28,32)/t15-,20?/m1/s1. The predicted octanol–water partition coefficient (Wildman–Crippen LogP) is 4.25. The fourth-order valence-electron chi connectivity index (χ4n) is 4.33. The number of carbonyl (C=O) groups is 2. The number of benzene rings is 1. The summed E-state index contributed by atoms with van der Waals surface area (Å²) in [4.78, 5) is 39.5. The number of thioether (sulfide) groups is 1. The van der Waals surface area contributed by atoms with Crippen molar-refractivity contribution in [1.82, 2.24) is 19.9 Å². The number of aromatic nitrogens is 3. The maximum absolute atomic E-state index is 13.4. The third-order valence-corrected chi connectivity index (χ3v) is 6.91. The minimum atomic E-state index is -0.454. The van der Waals surface area contributed by atoms with E-state index < -0.39 is 5.92 Å². The molecule has 1 aliphatic heterocycles. The Kier molecular flexibility index (Phi) is 6.47. The molecule has 3 aromatic rings. The molecule has 0 radical (unpaired) electrons. The smallest absolute Gasteiger partial charge is 0.255 e. The first-order valence-corrected chi connectivity index (χ1v) is 12.0. The number of para-hydroxylation sites is 1. The lowest BCUT2D eigenvalue weighted by Crippen LogP contribution is -2.35. The lowest BCUT2D eigenvalue weighted by molar-refractivity contribution is -0.120. The van der Waals surface area contributed by atoms with Crippen molar-refractivity contribution in [2.24, 2.45) is 10.9 Å². The van der Waals surface area contributed by atoms with Gasteiger partial charge in [-0.05, 0) is 46.1 Å². The molecule has 170 valence electrons. The minimum absolute atomic E-state index is 0.0553. The highest BCUT2D eigenvalue weighted by Crippen LogP contribution is 2.32. The number of fused-ring (bicyclic) bond motifs is 1. The number of dihydropyridines is 1. The van der Waals surface area contributed by atoms with E-state index in [1.165, 1.54) is 11.8 Å². The van der Waals surface area contributed by atoms with E-state index in [0.717, 1.165) is 32.9 Å². The van der Waals surface area contributed by atoms with Crippen LogP contribution in [0.4, 0.5) is 0 Å². The van der Waals surface area contributed by atoms with E-state index in [0.29, 0.717) is 11.3 Å². The molecule has 0 spiro atoms. The molecule has 2 aromatic heterocycles. The molecule has 2 atom stereocenters. The second kappa shape index (κ2) is 9.31. The Hall–Kier alpha value is -3.26. The number of hydrogen-bond donors (Lipinski definition) is 1. The summed E-state index contributed by atoms with van der Waals surface area (Å²) < 4.78 is 2.14. The number of nitrogens with one attached hydrogen (secondary N) is 1. The van der Waals surface area contributed by atoms with Crippen LogP contribution in [0.3, 0.4) is 0 Å². The monoisotopic (exact) mass is 461 g/mol. The first-order valence-electron chi connectivity index (χ1n) is 10.8. The number of amides is 2. The van der Waals surface area contributed by atoms with E-state index in [4.69, 9.17) is 0 Å². The Morgan fingerprint density at radius 2 is 1.88 bits per heavy atom. The highest BCUT2D eigenvalue weighted by Gasteiger charge is 2.28. The van der Waals surface area contributed by atoms with Gasteiger partial charge in [-0.25, -0.2) is 15.0 Å². The van der Waals surface area contributed by atoms with Crippen molar-refractivity contribution in [2.45, 2.75) is 33.7 Å². The highest BCUT2D eigenvalue weighted by molar-refractivity contribution is 8.02. The van der Waals surface area contributed by atoms with Crippen molar-refractivity contribution in [1.29, 1.82) is 0 Å². The second-order valence-corrected chi connectivity index (χ2v) is 9.07. The molecular weight excluding hydrogens is 434 g/mol. The molecule has 4 rings (SSSR count). The molecule has 33 heavy (non-hydrogen) atoms. The molecule has 0 saturated carbocycles. The Labute approximate surface area is 197 Å². The Morgan fingerprint density at radius 3 is 2.58 bits per heavy atom. The van der Waals surface area contributed by atoms with Gasteiger partial charge < -0.3 is 9.88 Å².